The summed E-state index contributed by atoms with van der Waals surface area (Å²) in [6, 6.07) is 0. The molecule has 1 aliphatic heterocycles. The number of aromatic nitrogens is 1. The second kappa shape index (κ2) is 6.79. The van der Waals surface area contributed by atoms with Crippen molar-refractivity contribution >= 4 is 5.91 Å². The Labute approximate surface area is 130 Å². The number of hydrogen-bond acceptors (Lipinski definition) is 5. The Morgan fingerprint density at radius 3 is 2.77 bits per heavy atom. The molecule has 0 bridgehead atoms. The number of rotatable bonds is 4. The lowest BCUT2D eigenvalue weighted by Gasteiger charge is -2.28. The van der Waals surface area contributed by atoms with E-state index < -0.39 is 0 Å². The van der Waals surface area contributed by atoms with Gasteiger partial charge in [0.1, 0.15) is 6.10 Å². The van der Waals surface area contributed by atoms with Crippen LogP contribution in [0.4, 0.5) is 0 Å². The largest absolute Gasteiger partial charge is 0.445 e. The summed E-state index contributed by atoms with van der Waals surface area (Å²) in [5.41, 5.74) is 6.48. The van der Waals surface area contributed by atoms with Gasteiger partial charge in [0.05, 0.1) is 0 Å². The van der Waals surface area contributed by atoms with Crippen LogP contribution in [0.1, 0.15) is 73.7 Å². The van der Waals surface area contributed by atoms with Crippen molar-refractivity contribution in [2.24, 2.45) is 5.73 Å². The van der Waals surface area contributed by atoms with Crippen molar-refractivity contribution in [3.8, 4) is 0 Å². The molecule has 1 aromatic heterocycles. The first-order valence-electron chi connectivity index (χ1n) is 8.30. The van der Waals surface area contributed by atoms with Gasteiger partial charge in [0.25, 0.3) is 5.91 Å². The Bertz CT molecular complexity index is 500. The average Bonchev–Trinajstić information content (AvgIpc) is 3.15. The Balaban J connectivity index is 1.61. The van der Waals surface area contributed by atoms with Crippen molar-refractivity contribution in [2.75, 3.05) is 13.2 Å². The molecule has 3 rings (SSSR count). The number of nitrogens with one attached hydrogen (secondary N) is 1. The fourth-order valence-electron chi connectivity index (χ4n) is 3.39. The highest BCUT2D eigenvalue weighted by atomic mass is 16.5. The topological polar surface area (TPSA) is 90.4 Å². The summed E-state index contributed by atoms with van der Waals surface area (Å²) >= 11 is 0. The highest BCUT2D eigenvalue weighted by Gasteiger charge is 2.30. The van der Waals surface area contributed by atoms with Crippen molar-refractivity contribution in [3.63, 3.8) is 0 Å². The molecule has 1 amide bonds. The number of carbonyl (C=O) groups is 1. The Morgan fingerprint density at radius 2 is 2.09 bits per heavy atom. The van der Waals surface area contributed by atoms with E-state index in [1.807, 2.05) is 0 Å². The third-order valence-electron chi connectivity index (χ3n) is 4.73. The first-order valence-corrected chi connectivity index (χ1v) is 8.30. The number of nitrogens with two attached hydrogens (primary N) is 1. The van der Waals surface area contributed by atoms with Crippen LogP contribution in [-0.4, -0.2) is 29.6 Å². The van der Waals surface area contributed by atoms with Crippen LogP contribution in [0.15, 0.2) is 10.8 Å². The highest BCUT2D eigenvalue weighted by Crippen LogP contribution is 2.30. The van der Waals surface area contributed by atoms with Crippen molar-refractivity contribution in [3.05, 3.63) is 17.8 Å². The summed E-state index contributed by atoms with van der Waals surface area (Å²) in [6.45, 7) is 1.20. The maximum absolute atomic E-state index is 12.4. The van der Waals surface area contributed by atoms with Gasteiger partial charge in [-0.2, -0.15) is 0 Å². The van der Waals surface area contributed by atoms with Gasteiger partial charge in [0.2, 0.25) is 0 Å². The predicted molar refractivity (Wildman–Crippen MR) is 81.4 cm³/mol. The summed E-state index contributed by atoms with van der Waals surface area (Å²) in [4.78, 5) is 16.5. The van der Waals surface area contributed by atoms with Crippen LogP contribution in [0.5, 0.6) is 0 Å². The number of ether oxygens (including phenoxy) is 1. The van der Waals surface area contributed by atoms with E-state index in [0.29, 0.717) is 24.6 Å². The van der Waals surface area contributed by atoms with Crippen LogP contribution in [-0.2, 0) is 4.74 Å². The third kappa shape index (κ3) is 3.50. The van der Waals surface area contributed by atoms with Gasteiger partial charge in [0, 0.05) is 18.7 Å². The summed E-state index contributed by atoms with van der Waals surface area (Å²) in [5.74, 6) is 0.329. The smallest absolute Gasteiger partial charge is 0.273 e. The van der Waals surface area contributed by atoms with Crippen LogP contribution in [0.3, 0.4) is 0 Å². The normalized spacial score (nSPS) is 24.9. The van der Waals surface area contributed by atoms with Crippen LogP contribution in [0.2, 0.25) is 0 Å². The molecule has 0 spiro atoms. The summed E-state index contributed by atoms with van der Waals surface area (Å²) in [6.07, 6.45) is 9.70. The van der Waals surface area contributed by atoms with Gasteiger partial charge in [-0.1, -0.05) is 25.7 Å². The van der Waals surface area contributed by atoms with Gasteiger partial charge < -0.3 is 20.2 Å². The minimum atomic E-state index is -0.292. The third-order valence-corrected chi connectivity index (χ3v) is 4.73. The summed E-state index contributed by atoms with van der Waals surface area (Å²) in [7, 11) is 0. The van der Waals surface area contributed by atoms with Gasteiger partial charge in [-0.05, 0) is 25.7 Å². The molecule has 1 atom stereocenters. The molecule has 122 valence electrons. The molecule has 1 aliphatic carbocycles. The average molecular weight is 307 g/mol. The second-order valence-corrected chi connectivity index (χ2v) is 6.53. The molecule has 1 saturated carbocycles. The molecule has 1 unspecified atom stereocenters. The zero-order valence-electron chi connectivity index (χ0n) is 13.0. The molecular formula is C16H25N3O3. The first kappa shape index (κ1) is 15.5. The molecular weight excluding hydrogens is 282 g/mol. The van der Waals surface area contributed by atoms with Crippen molar-refractivity contribution in [1.29, 1.82) is 0 Å². The van der Waals surface area contributed by atoms with Gasteiger partial charge in [-0.3, -0.25) is 4.79 Å². The molecule has 2 fully saturated rings. The fraction of sp³-hybridized carbons (Fsp3) is 0.750. The highest BCUT2D eigenvalue weighted by molar-refractivity contribution is 5.93. The van der Waals surface area contributed by atoms with Gasteiger partial charge >= 0.3 is 0 Å². The van der Waals surface area contributed by atoms with E-state index in [-0.39, 0.29) is 17.6 Å². The molecule has 1 saturated heterocycles. The molecule has 22 heavy (non-hydrogen) atoms. The number of hydrogen-bond donors (Lipinski definition) is 2. The Morgan fingerprint density at radius 1 is 1.32 bits per heavy atom. The fourth-order valence-corrected chi connectivity index (χ4v) is 3.39. The monoisotopic (exact) mass is 307 g/mol. The van der Waals surface area contributed by atoms with E-state index in [1.54, 1.807) is 0 Å². The van der Waals surface area contributed by atoms with E-state index in [1.165, 1.54) is 19.2 Å². The standard InChI is InChI=1S/C16H25N3O3/c17-16(7-3-1-2-4-8-16)10-18-15(20)13-14(22-11-19-13)12-6-5-9-21-12/h11-12H,1-10,17H2,(H,18,20). The SMILES string of the molecule is NC1(CNC(=O)c2ncoc2C2CCCO2)CCCCCC1. The maximum Gasteiger partial charge on any atom is 0.273 e. The maximum atomic E-state index is 12.4. The molecule has 3 N–H and O–H groups in total. The number of oxazole rings is 1. The zero-order valence-corrected chi connectivity index (χ0v) is 13.0. The van der Waals surface area contributed by atoms with Gasteiger partial charge in [-0.15, -0.1) is 0 Å². The predicted octanol–water partition coefficient (Wildman–Crippen LogP) is 2.31. The Hall–Kier alpha value is -1.40. The lowest BCUT2D eigenvalue weighted by atomic mass is 9.91. The molecule has 6 heteroatoms. The van der Waals surface area contributed by atoms with Crippen molar-refractivity contribution < 1.29 is 13.9 Å². The van der Waals surface area contributed by atoms with Crippen molar-refractivity contribution in [1.82, 2.24) is 10.3 Å². The number of carbonyl (C=O) groups excluding carboxylic acids is 1. The van der Waals surface area contributed by atoms with E-state index >= 15 is 0 Å². The van der Waals surface area contributed by atoms with E-state index in [2.05, 4.69) is 10.3 Å². The van der Waals surface area contributed by atoms with Crippen LogP contribution < -0.4 is 11.1 Å². The molecule has 1 aromatic rings. The van der Waals surface area contributed by atoms with Crippen LogP contribution in [0.25, 0.3) is 0 Å². The quantitative estimate of drug-likeness (QED) is 0.833. The van der Waals surface area contributed by atoms with E-state index in [4.69, 9.17) is 14.9 Å². The first-order chi connectivity index (χ1) is 10.7. The lowest BCUT2D eigenvalue weighted by molar-refractivity contribution is 0.0855. The lowest BCUT2D eigenvalue weighted by Crippen LogP contribution is -2.50. The zero-order chi connectivity index (χ0) is 15.4. The molecule has 2 heterocycles. The number of nitrogens with zero attached hydrogens (tertiary/aromatic N) is 1. The minimum Gasteiger partial charge on any atom is -0.445 e. The molecule has 0 aromatic carbocycles. The van der Waals surface area contributed by atoms with E-state index in [0.717, 1.165) is 38.5 Å². The van der Waals surface area contributed by atoms with E-state index in [9.17, 15) is 4.79 Å². The Kier molecular flexibility index (Phi) is 4.78. The summed E-state index contributed by atoms with van der Waals surface area (Å²) in [5, 5.41) is 2.94. The molecule has 6 nitrogen and oxygen atoms in total. The van der Waals surface area contributed by atoms with Gasteiger partial charge in [-0.25, -0.2) is 4.98 Å². The van der Waals surface area contributed by atoms with Crippen LogP contribution in [0, 0.1) is 0 Å². The molecule has 0 radical (unpaired) electrons. The number of amides is 1. The van der Waals surface area contributed by atoms with Crippen LogP contribution >= 0.6 is 0 Å². The molecule has 2 aliphatic rings. The van der Waals surface area contributed by atoms with Gasteiger partial charge in [0.15, 0.2) is 17.8 Å². The minimum absolute atomic E-state index is 0.145. The second-order valence-electron chi connectivity index (χ2n) is 6.53. The summed E-state index contributed by atoms with van der Waals surface area (Å²) < 4.78 is 11.0. The van der Waals surface area contributed by atoms with Crippen molar-refractivity contribution in [2.45, 2.75) is 63.0 Å².